The molecule has 3 aromatic rings. The number of amides is 1. The number of anilines is 3. The fourth-order valence-corrected chi connectivity index (χ4v) is 3.84. The zero-order valence-electron chi connectivity index (χ0n) is 18.7. The van der Waals surface area contributed by atoms with Crippen LogP contribution in [0.4, 0.5) is 17.1 Å². The molecule has 8 heteroatoms. The first kappa shape index (κ1) is 21.7. The van der Waals surface area contributed by atoms with Crippen molar-refractivity contribution in [3.05, 3.63) is 70.6 Å². The highest BCUT2D eigenvalue weighted by molar-refractivity contribution is 5.96. The van der Waals surface area contributed by atoms with Gasteiger partial charge < -0.3 is 20.3 Å². The second kappa shape index (κ2) is 9.32. The van der Waals surface area contributed by atoms with Crippen LogP contribution in [0.1, 0.15) is 12.6 Å². The van der Waals surface area contributed by atoms with E-state index in [0.29, 0.717) is 11.4 Å². The topological polar surface area (TPSA) is 80.5 Å². The molecule has 2 N–H and O–H groups in total. The quantitative estimate of drug-likeness (QED) is 0.622. The first-order chi connectivity index (χ1) is 15.5. The van der Waals surface area contributed by atoms with Crippen molar-refractivity contribution in [2.45, 2.75) is 19.9 Å². The van der Waals surface area contributed by atoms with E-state index in [2.05, 4.69) is 15.5 Å². The van der Waals surface area contributed by atoms with Crippen LogP contribution >= 0.6 is 0 Å². The van der Waals surface area contributed by atoms with Gasteiger partial charge in [-0.05, 0) is 50.2 Å². The molecule has 1 fully saturated rings. The molecule has 0 radical (unpaired) electrons. The SMILES string of the molecule is Cc1c(NC(C)C(=O)Nc2ccc(N3CCOCC3)cc2)c(=O)n(-c2ccccc2)n1C. The molecule has 1 aliphatic heterocycles. The normalized spacial score (nSPS) is 14.8. The Morgan fingerprint density at radius 3 is 2.31 bits per heavy atom. The van der Waals surface area contributed by atoms with E-state index >= 15 is 0 Å². The van der Waals surface area contributed by atoms with Gasteiger partial charge in [0, 0.05) is 31.5 Å². The number of ether oxygens (including phenoxy) is 1. The average molecular weight is 436 g/mol. The number of morpholine rings is 1. The number of hydrogen-bond donors (Lipinski definition) is 2. The van der Waals surface area contributed by atoms with Gasteiger partial charge in [0.15, 0.2) is 0 Å². The summed E-state index contributed by atoms with van der Waals surface area (Å²) in [5.74, 6) is -0.210. The van der Waals surface area contributed by atoms with Crippen LogP contribution in [0.15, 0.2) is 59.4 Å². The molecular weight excluding hydrogens is 406 g/mol. The summed E-state index contributed by atoms with van der Waals surface area (Å²) in [6.07, 6.45) is 0. The first-order valence-corrected chi connectivity index (χ1v) is 10.8. The number of aromatic nitrogens is 2. The lowest BCUT2D eigenvalue weighted by atomic mass is 10.2. The molecule has 1 amide bonds. The van der Waals surface area contributed by atoms with E-state index in [1.807, 2.05) is 68.6 Å². The average Bonchev–Trinajstić information content (AvgIpc) is 3.03. The zero-order valence-corrected chi connectivity index (χ0v) is 18.7. The van der Waals surface area contributed by atoms with Gasteiger partial charge in [-0.15, -0.1) is 0 Å². The van der Waals surface area contributed by atoms with Crippen LogP contribution in [0.5, 0.6) is 0 Å². The van der Waals surface area contributed by atoms with Gasteiger partial charge in [-0.25, -0.2) is 4.68 Å². The van der Waals surface area contributed by atoms with Crippen LogP contribution in [-0.4, -0.2) is 47.6 Å². The molecule has 0 bridgehead atoms. The van der Waals surface area contributed by atoms with Crippen LogP contribution in [0.25, 0.3) is 5.69 Å². The first-order valence-electron chi connectivity index (χ1n) is 10.8. The third-order valence-electron chi connectivity index (χ3n) is 5.82. The van der Waals surface area contributed by atoms with Crippen molar-refractivity contribution in [2.75, 3.05) is 41.8 Å². The van der Waals surface area contributed by atoms with E-state index in [-0.39, 0.29) is 11.5 Å². The molecule has 32 heavy (non-hydrogen) atoms. The molecule has 1 saturated heterocycles. The lowest BCUT2D eigenvalue weighted by Crippen LogP contribution is -2.36. The fourth-order valence-electron chi connectivity index (χ4n) is 3.84. The minimum Gasteiger partial charge on any atom is -0.378 e. The maximum Gasteiger partial charge on any atom is 0.295 e. The van der Waals surface area contributed by atoms with Gasteiger partial charge in [-0.2, -0.15) is 0 Å². The van der Waals surface area contributed by atoms with Crippen LogP contribution in [0.3, 0.4) is 0 Å². The summed E-state index contributed by atoms with van der Waals surface area (Å²) < 4.78 is 8.77. The lowest BCUT2D eigenvalue weighted by molar-refractivity contribution is -0.116. The fraction of sp³-hybridized carbons (Fsp3) is 0.333. The molecule has 0 saturated carbocycles. The Morgan fingerprint density at radius 2 is 1.66 bits per heavy atom. The predicted molar refractivity (Wildman–Crippen MR) is 127 cm³/mol. The molecule has 2 heterocycles. The Bertz CT molecular complexity index is 1130. The highest BCUT2D eigenvalue weighted by atomic mass is 16.5. The molecule has 0 aliphatic carbocycles. The van der Waals surface area contributed by atoms with Gasteiger partial charge in [0.05, 0.1) is 24.6 Å². The minimum absolute atomic E-state index is 0.189. The Kier molecular flexibility index (Phi) is 6.32. The summed E-state index contributed by atoms with van der Waals surface area (Å²) in [6, 6.07) is 16.6. The molecule has 1 aromatic heterocycles. The molecule has 168 valence electrons. The van der Waals surface area contributed by atoms with Gasteiger partial charge in [0.1, 0.15) is 11.7 Å². The van der Waals surface area contributed by atoms with Crippen molar-refractivity contribution in [1.82, 2.24) is 9.36 Å². The highest BCUT2D eigenvalue weighted by Crippen LogP contribution is 2.20. The lowest BCUT2D eigenvalue weighted by Gasteiger charge is -2.29. The maximum atomic E-state index is 13.0. The summed E-state index contributed by atoms with van der Waals surface area (Å²) in [5.41, 5.74) is 3.58. The number of para-hydroxylation sites is 1. The Labute approximate surface area is 187 Å². The van der Waals surface area contributed by atoms with E-state index < -0.39 is 6.04 Å². The molecule has 2 aromatic carbocycles. The second-order valence-corrected chi connectivity index (χ2v) is 7.94. The largest absolute Gasteiger partial charge is 0.378 e. The summed E-state index contributed by atoms with van der Waals surface area (Å²) in [6.45, 7) is 6.79. The molecule has 0 spiro atoms. The molecule has 8 nitrogen and oxygen atoms in total. The van der Waals surface area contributed by atoms with Crippen molar-refractivity contribution in [3.63, 3.8) is 0 Å². The molecule has 1 atom stereocenters. The molecule has 1 aliphatic rings. The standard InChI is InChI=1S/C24H29N5O3/c1-17(23(30)26-19-9-11-20(12-10-19)28-13-15-32-16-14-28)25-22-18(2)27(3)29(24(22)31)21-7-5-4-6-8-21/h4-12,17,25H,13-16H2,1-3H3,(H,26,30). The molecular formula is C24H29N5O3. The summed E-state index contributed by atoms with van der Waals surface area (Å²) in [4.78, 5) is 28.1. The van der Waals surface area contributed by atoms with E-state index in [0.717, 1.165) is 43.4 Å². The smallest absolute Gasteiger partial charge is 0.295 e. The molecule has 1 unspecified atom stereocenters. The number of nitrogens with zero attached hydrogens (tertiary/aromatic N) is 3. The minimum atomic E-state index is -0.591. The van der Waals surface area contributed by atoms with E-state index in [9.17, 15) is 9.59 Å². The van der Waals surface area contributed by atoms with E-state index in [1.165, 1.54) is 0 Å². The zero-order chi connectivity index (χ0) is 22.7. The highest BCUT2D eigenvalue weighted by Gasteiger charge is 2.21. The van der Waals surface area contributed by atoms with Crippen molar-refractivity contribution in [2.24, 2.45) is 7.05 Å². The number of carbonyl (C=O) groups is 1. The molecule has 4 rings (SSSR count). The number of carbonyl (C=O) groups excluding carboxylic acids is 1. The van der Waals surface area contributed by atoms with Gasteiger partial charge in [-0.3, -0.25) is 14.3 Å². The van der Waals surface area contributed by atoms with Crippen LogP contribution in [0, 0.1) is 6.92 Å². The van der Waals surface area contributed by atoms with E-state index in [1.54, 1.807) is 16.3 Å². The predicted octanol–water partition coefficient (Wildman–Crippen LogP) is 2.76. The van der Waals surface area contributed by atoms with Gasteiger partial charge in [-0.1, -0.05) is 18.2 Å². The second-order valence-electron chi connectivity index (χ2n) is 7.94. The van der Waals surface area contributed by atoms with Gasteiger partial charge >= 0.3 is 0 Å². The van der Waals surface area contributed by atoms with Crippen molar-refractivity contribution in [3.8, 4) is 5.69 Å². The monoisotopic (exact) mass is 435 g/mol. The van der Waals surface area contributed by atoms with Crippen molar-refractivity contribution >= 4 is 23.0 Å². The summed E-state index contributed by atoms with van der Waals surface area (Å²) in [5, 5.41) is 6.03. The number of rotatable bonds is 6. The third-order valence-corrected chi connectivity index (χ3v) is 5.82. The van der Waals surface area contributed by atoms with Crippen molar-refractivity contribution < 1.29 is 9.53 Å². The van der Waals surface area contributed by atoms with E-state index in [4.69, 9.17) is 4.74 Å². The van der Waals surface area contributed by atoms with Crippen LogP contribution in [-0.2, 0) is 16.6 Å². The van der Waals surface area contributed by atoms with Crippen LogP contribution < -0.4 is 21.1 Å². The number of benzene rings is 2. The van der Waals surface area contributed by atoms with Gasteiger partial charge in [0.25, 0.3) is 5.56 Å². The summed E-state index contributed by atoms with van der Waals surface area (Å²) in [7, 11) is 1.83. The van der Waals surface area contributed by atoms with Crippen molar-refractivity contribution in [1.29, 1.82) is 0 Å². The maximum absolute atomic E-state index is 13.0. The Morgan fingerprint density at radius 1 is 1.00 bits per heavy atom. The van der Waals surface area contributed by atoms with Crippen LogP contribution in [0.2, 0.25) is 0 Å². The van der Waals surface area contributed by atoms with Gasteiger partial charge in [0.2, 0.25) is 5.91 Å². The summed E-state index contributed by atoms with van der Waals surface area (Å²) >= 11 is 0. The number of hydrogen-bond acceptors (Lipinski definition) is 5. The Balaban J connectivity index is 1.44. The number of nitrogens with one attached hydrogen (secondary N) is 2. The Hall–Kier alpha value is -3.52. The third kappa shape index (κ3) is 4.40.